The van der Waals surface area contributed by atoms with E-state index in [1.54, 1.807) is 19.9 Å². The van der Waals surface area contributed by atoms with Gasteiger partial charge in [0.15, 0.2) is 23.1 Å². The summed E-state index contributed by atoms with van der Waals surface area (Å²) < 4.78 is 42.0. The Hall–Kier alpha value is -1.66. The van der Waals surface area contributed by atoms with Gasteiger partial charge in [0.1, 0.15) is 0 Å². The van der Waals surface area contributed by atoms with Crippen LogP contribution < -0.4 is 4.74 Å². The van der Waals surface area contributed by atoms with Gasteiger partial charge in [-0.05, 0) is 86.1 Å². The molecule has 2 rings (SSSR count). The van der Waals surface area contributed by atoms with Gasteiger partial charge in [-0.1, -0.05) is 26.7 Å². The van der Waals surface area contributed by atoms with Crippen LogP contribution in [0.2, 0.25) is 0 Å². The van der Waals surface area contributed by atoms with Gasteiger partial charge in [-0.15, -0.1) is 47.3 Å². The zero-order chi connectivity index (χ0) is 31.4. The van der Waals surface area contributed by atoms with E-state index < -0.39 is 5.82 Å². The Labute approximate surface area is 267 Å². The molecule has 0 aromatic heterocycles. The normalized spacial score (nSPS) is 10.0. The number of methoxy groups -OCH3 is 1. The van der Waals surface area contributed by atoms with Gasteiger partial charge in [-0.3, -0.25) is 9.59 Å². The number of rotatable bonds is 13. The Morgan fingerprint density at radius 3 is 1.51 bits per heavy atom. The molecule has 0 aliphatic rings. The minimum atomic E-state index is -0.645. The van der Waals surface area contributed by atoms with Gasteiger partial charge in [-0.2, -0.15) is 0 Å². The molecule has 0 amide bonds. The molecule has 0 fully saturated rings. The van der Waals surface area contributed by atoms with Gasteiger partial charge < -0.3 is 19.3 Å². The second-order valence-corrected chi connectivity index (χ2v) is 15.1. The fourth-order valence-electron chi connectivity index (χ4n) is 3.85. The van der Waals surface area contributed by atoms with E-state index in [4.69, 9.17) is 14.2 Å². The minimum absolute atomic E-state index is 0.231. The summed E-state index contributed by atoms with van der Waals surface area (Å²) in [7, 11) is 1.45. The van der Waals surface area contributed by atoms with E-state index in [9.17, 15) is 23.5 Å². The molecule has 2 aromatic rings. The third kappa shape index (κ3) is 17.2. The van der Waals surface area contributed by atoms with Gasteiger partial charge in [0.25, 0.3) is 0 Å². The summed E-state index contributed by atoms with van der Waals surface area (Å²) in [6.45, 7) is 8.32. The summed E-state index contributed by atoms with van der Waals surface area (Å²) in [6, 6.07) is 5.93. The van der Waals surface area contributed by atoms with Crippen molar-refractivity contribution in [3.8, 4) is 11.5 Å². The van der Waals surface area contributed by atoms with E-state index in [2.05, 4.69) is 54.2 Å². The van der Waals surface area contributed by atoms with Crippen LogP contribution in [0.4, 0.5) is 8.78 Å². The summed E-state index contributed by atoms with van der Waals surface area (Å²) in [4.78, 5) is 22.6. The van der Waals surface area contributed by atoms with E-state index in [-0.39, 0.29) is 45.3 Å². The molecule has 0 saturated heterocycles. The summed E-state index contributed by atoms with van der Waals surface area (Å²) in [5.41, 5.74) is 3.54. The Morgan fingerprint density at radius 1 is 0.732 bits per heavy atom. The highest BCUT2D eigenvalue weighted by Crippen LogP contribution is 2.25. The van der Waals surface area contributed by atoms with Crippen LogP contribution in [-0.4, -0.2) is 40.6 Å². The van der Waals surface area contributed by atoms with Gasteiger partial charge in [-0.25, -0.2) is 8.78 Å². The highest BCUT2D eigenvalue weighted by Gasteiger charge is 2.13. The minimum Gasteiger partial charge on any atom is -0.505 e. The SMILES string of the molecule is BrB(Br)Br.CCCc1cc(O)c(F)cc1CCC(=O)OCC.CCCc1cc(OC)c(F)cc1CCC(=O)OCC. The van der Waals surface area contributed by atoms with E-state index >= 15 is 0 Å². The molecule has 0 unspecified atom stereocenters. The highest BCUT2D eigenvalue weighted by atomic mass is 79.9. The van der Waals surface area contributed by atoms with Crippen molar-refractivity contribution in [3.05, 3.63) is 58.2 Å². The lowest BCUT2D eigenvalue weighted by atomic mass is 9.98. The Balaban J connectivity index is 0.000000691. The Kier molecular flexibility index (Phi) is 22.0. The molecule has 12 heteroatoms. The van der Waals surface area contributed by atoms with Crippen molar-refractivity contribution in [1.29, 1.82) is 0 Å². The lowest BCUT2D eigenvalue weighted by Gasteiger charge is -2.12. The maximum atomic E-state index is 13.7. The van der Waals surface area contributed by atoms with Crippen LogP contribution in [0, 0.1) is 11.6 Å². The van der Waals surface area contributed by atoms with Crippen LogP contribution in [0.5, 0.6) is 11.5 Å². The summed E-state index contributed by atoms with van der Waals surface area (Å²) in [5.74, 6) is -1.65. The predicted octanol–water partition coefficient (Wildman–Crippen LogP) is 8.42. The van der Waals surface area contributed by atoms with Crippen LogP contribution in [0.15, 0.2) is 24.3 Å². The molecule has 2 aromatic carbocycles. The van der Waals surface area contributed by atoms with Gasteiger partial charge >= 0.3 is 15.1 Å². The quantitative estimate of drug-likeness (QED) is 0.163. The van der Waals surface area contributed by atoms with E-state index in [0.717, 1.165) is 47.9 Å². The molecule has 0 radical (unpaired) electrons. The van der Waals surface area contributed by atoms with Crippen LogP contribution in [0.1, 0.15) is 75.6 Å². The number of carbonyl (C=O) groups excluding carboxylic acids is 2. The number of esters is 2. The number of phenolic OH excluding ortho intramolecular Hbond substituents is 1. The Bertz CT molecular complexity index is 1070. The largest absolute Gasteiger partial charge is 0.505 e. The molecule has 0 aliphatic carbocycles. The molecule has 230 valence electrons. The fraction of sp³-hybridized carbons (Fsp3) is 0.517. The average molecular weight is 773 g/mol. The number of aryl methyl sites for hydroxylation is 4. The third-order valence-electron chi connectivity index (χ3n) is 5.59. The monoisotopic (exact) mass is 770 g/mol. The molecule has 1 N–H and O–H groups in total. The zero-order valence-corrected chi connectivity index (χ0v) is 29.1. The van der Waals surface area contributed by atoms with Crippen molar-refractivity contribution in [3.63, 3.8) is 0 Å². The van der Waals surface area contributed by atoms with Gasteiger partial charge in [0.05, 0.1) is 20.3 Å². The number of hydrogen-bond acceptors (Lipinski definition) is 6. The second-order valence-electron chi connectivity index (χ2n) is 8.69. The number of aromatic hydroxyl groups is 1. The van der Waals surface area contributed by atoms with Crippen molar-refractivity contribution >= 4 is 62.4 Å². The van der Waals surface area contributed by atoms with Crippen LogP contribution in [0.3, 0.4) is 0 Å². The number of ether oxygens (including phenoxy) is 3. The molecular weight excluding hydrogens is 733 g/mol. The number of carbonyl (C=O) groups is 2. The van der Waals surface area contributed by atoms with Crippen molar-refractivity contribution in [2.45, 2.75) is 79.1 Å². The molecule has 41 heavy (non-hydrogen) atoms. The molecule has 0 bridgehead atoms. The first-order chi connectivity index (χ1) is 19.4. The first-order valence-electron chi connectivity index (χ1n) is 13.5. The molecule has 6 nitrogen and oxygen atoms in total. The number of benzene rings is 2. The fourth-order valence-corrected chi connectivity index (χ4v) is 3.85. The van der Waals surface area contributed by atoms with Gasteiger partial charge in [0, 0.05) is 12.8 Å². The maximum absolute atomic E-state index is 13.7. The predicted molar refractivity (Wildman–Crippen MR) is 171 cm³/mol. The zero-order valence-electron chi connectivity index (χ0n) is 24.3. The second kappa shape index (κ2) is 22.9. The molecule has 0 saturated carbocycles. The molecule has 0 atom stereocenters. The van der Waals surface area contributed by atoms with Crippen molar-refractivity contribution in [1.82, 2.24) is 0 Å². The Morgan fingerprint density at radius 2 is 1.12 bits per heavy atom. The van der Waals surface area contributed by atoms with E-state index in [1.807, 2.05) is 6.92 Å². The topological polar surface area (TPSA) is 82.1 Å². The lowest BCUT2D eigenvalue weighted by Crippen LogP contribution is -2.07. The molecule has 0 heterocycles. The molecule has 0 spiro atoms. The first kappa shape index (κ1) is 39.3. The third-order valence-corrected chi connectivity index (χ3v) is 5.59. The van der Waals surface area contributed by atoms with Crippen LogP contribution >= 0.6 is 47.3 Å². The molecular formula is C29H40BBr3F2O6. The molecule has 0 aliphatic heterocycles. The number of halogens is 5. The van der Waals surface area contributed by atoms with Gasteiger partial charge in [0.2, 0.25) is 0 Å². The average Bonchev–Trinajstić information content (AvgIpc) is 2.90. The van der Waals surface area contributed by atoms with E-state index in [0.29, 0.717) is 26.1 Å². The summed E-state index contributed by atoms with van der Waals surface area (Å²) in [6.07, 6.45) is 4.89. The highest BCUT2D eigenvalue weighted by molar-refractivity contribution is 9.69. The van der Waals surface area contributed by atoms with Crippen LogP contribution in [-0.2, 0) is 44.7 Å². The number of hydrogen-bond donors (Lipinski definition) is 1. The maximum Gasteiger partial charge on any atom is 0.369 e. The summed E-state index contributed by atoms with van der Waals surface area (Å²) in [5, 5.41) is 9.35. The first-order valence-corrected chi connectivity index (χ1v) is 16.3. The van der Waals surface area contributed by atoms with E-state index in [1.165, 1.54) is 25.3 Å². The summed E-state index contributed by atoms with van der Waals surface area (Å²) >= 11 is 9.31. The van der Waals surface area contributed by atoms with Crippen molar-refractivity contribution in [2.75, 3.05) is 20.3 Å². The smallest absolute Gasteiger partial charge is 0.369 e. The number of phenols is 1. The lowest BCUT2D eigenvalue weighted by molar-refractivity contribution is -0.144. The standard InChI is InChI=1S/C15H21FO3.C14H19FO3.BBr3/c1-4-6-11-10-14(18-3)13(16)9-12(11)7-8-15(17)19-5-2;1-3-5-10-9-13(16)12(15)8-11(10)6-7-14(17)18-4-2;2-1(3)4/h9-10H,4-8H2,1-3H3;8-9,16H,3-7H2,1-2H3;. The van der Waals surface area contributed by atoms with Crippen LogP contribution in [0.25, 0.3) is 0 Å². The van der Waals surface area contributed by atoms with Crippen molar-refractivity contribution < 1.29 is 37.7 Å². The van der Waals surface area contributed by atoms with Crippen molar-refractivity contribution in [2.24, 2.45) is 0 Å².